The van der Waals surface area contributed by atoms with Crippen LogP contribution < -0.4 is 0 Å². The molecule has 2 unspecified atom stereocenters. The highest BCUT2D eigenvalue weighted by atomic mass is 16.3. The summed E-state index contributed by atoms with van der Waals surface area (Å²) < 4.78 is 1.69. The Labute approximate surface area is 90.5 Å². The fraction of sp³-hybridized carbons (Fsp3) is 0.727. The zero-order valence-corrected chi connectivity index (χ0v) is 9.81. The van der Waals surface area contributed by atoms with Crippen LogP contribution >= 0.6 is 0 Å². The van der Waals surface area contributed by atoms with Crippen LogP contribution in [0.1, 0.15) is 26.3 Å². The minimum Gasteiger partial charge on any atom is -0.390 e. The van der Waals surface area contributed by atoms with Crippen molar-refractivity contribution in [1.82, 2.24) is 9.78 Å². The second kappa shape index (κ2) is 4.33. The molecule has 4 nitrogen and oxygen atoms in total. The summed E-state index contributed by atoms with van der Waals surface area (Å²) in [4.78, 5) is 0. The van der Waals surface area contributed by atoms with Gasteiger partial charge in [0.25, 0.3) is 0 Å². The molecule has 2 N–H and O–H groups in total. The van der Waals surface area contributed by atoms with Crippen molar-refractivity contribution >= 4 is 0 Å². The fourth-order valence-electron chi connectivity index (χ4n) is 1.51. The molecule has 0 spiro atoms. The van der Waals surface area contributed by atoms with Gasteiger partial charge in [-0.3, -0.25) is 4.68 Å². The Morgan fingerprint density at radius 1 is 1.40 bits per heavy atom. The number of hydrogen-bond acceptors (Lipinski definition) is 3. The van der Waals surface area contributed by atoms with E-state index in [0.29, 0.717) is 6.42 Å². The topological polar surface area (TPSA) is 58.3 Å². The Morgan fingerprint density at radius 3 is 2.40 bits per heavy atom. The van der Waals surface area contributed by atoms with Gasteiger partial charge >= 0.3 is 0 Å². The average Bonchev–Trinajstić information content (AvgIpc) is 2.48. The number of aliphatic hydroxyl groups is 2. The minimum absolute atomic E-state index is 0.304. The van der Waals surface area contributed by atoms with Crippen molar-refractivity contribution in [3.63, 3.8) is 0 Å². The molecule has 1 rings (SSSR count). The summed E-state index contributed by atoms with van der Waals surface area (Å²) in [6, 6.07) is 0. The Kier molecular flexibility index (Phi) is 3.52. The Morgan fingerprint density at radius 2 is 2.00 bits per heavy atom. The first-order valence-electron chi connectivity index (χ1n) is 5.14. The van der Waals surface area contributed by atoms with Gasteiger partial charge in [0.1, 0.15) is 0 Å². The largest absolute Gasteiger partial charge is 0.390 e. The minimum atomic E-state index is -0.741. The van der Waals surface area contributed by atoms with E-state index >= 15 is 0 Å². The van der Waals surface area contributed by atoms with Crippen molar-refractivity contribution in [3.8, 4) is 0 Å². The third-order valence-corrected chi connectivity index (χ3v) is 2.45. The van der Waals surface area contributed by atoms with Crippen LogP contribution in [0.5, 0.6) is 0 Å². The van der Waals surface area contributed by atoms with E-state index in [1.54, 1.807) is 10.9 Å². The van der Waals surface area contributed by atoms with Crippen molar-refractivity contribution in [2.24, 2.45) is 12.5 Å². The first-order valence-corrected chi connectivity index (χ1v) is 5.14. The normalized spacial score (nSPS) is 16.4. The van der Waals surface area contributed by atoms with Crippen LogP contribution in [-0.2, 0) is 13.5 Å². The molecular formula is C11H20N2O2. The van der Waals surface area contributed by atoms with E-state index in [9.17, 15) is 10.2 Å². The van der Waals surface area contributed by atoms with Crippen molar-refractivity contribution in [2.45, 2.75) is 39.4 Å². The lowest BCUT2D eigenvalue weighted by atomic mass is 9.84. The third kappa shape index (κ3) is 3.32. The zero-order chi connectivity index (χ0) is 11.6. The standard InChI is InChI=1S/C11H20N2O2/c1-11(2,3)10(15)9(14)5-8-6-12-13(4)7-8/h6-7,9-10,14-15H,5H2,1-4H3. The lowest BCUT2D eigenvalue weighted by molar-refractivity contribution is -0.0434. The van der Waals surface area contributed by atoms with Crippen molar-refractivity contribution < 1.29 is 10.2 Å². The SMILES string of the molecule is Cn1cc(CC(O)C(O)C(C)(C)C)cn1. The van der Waals surface area contributed by atoms with E-state index in [1.165, 1.54) is 0 Å². The maximum absolute atomic E-state index is 9.85. The van der Waals surface area contributed by atoms with Crippen LogP contribution in [0.2, 0.25) is 0 Å². The summed E-state index contributed by atoms with van der Waals surface area (Å²) >= 11 is 0. The molecule has 4 heteroatoms. The molecular weight excluding hydrogens is 192 g/mol. The van der Waals surface area contributed by atoms with Gasteiger partial charge in [0.05, 0.1) is 18.4 Å². The first-order chi connectivity index (χ1) is 6.80. The smallest absolute Gasteiger partial charge is 0.0850 e. The number of nitrogens with zero attached hydrogens (tertiary/aromatic N) is 2. The maximum atomic E-state index is 9.85. The molecule has 0 aromatic carbocycles. The quantitative estimate of drug-likeness (QED) is 0.776. The van der Waals surface area contributed by atoms with Crippen LogP contribution in [0.3, 0.4) is 0 Å². The van der Waals surface area contributed by atoms with Crippen LogP contribution in [0.4, 0.5) is 0 Å². The second-order valence-corrected chi connectivity index (χ2v) is 5.10. The van der Waals surface area contributed by atoms with Gasteiger partial charge in [0, 0.05) is 19.7 Å². The molecule has 0 saturated heterocycles. The monoisotopic (exact) mass is 212 g/mol. The van der Waals surface area contributed by atoms with Gasteiger partial charge in [0.2, 0.25) is 0 Å². The lowest BCUT2D eigenvalue weighted by Crippen LogP contribution is -2.38. The van der Waals surface area contributed by atoms with E-state index in [1.807, 2.05) is 34.0 Å². The number of aliphatic hydroxyl groups excluding tert-OH is 2. The summed E-state index contributed by atoms with van der Waals surface area (Å²) in [7, 11) is 1.83. The fourth-order valence-corrected chi connectivity index (χ4v) is 1.51. The average molecular weight is 212 g/mol. The van der Waals surface area contributed by atoms with Gasteiger partial charge < -0.3 is 10.2 Å². The summed E-state index contributed by atoms with van der Waals surface area (Å²) in [5.41, 5.74) is 0.634. The van der Waals surface area contributed by atoms with Crippen molar-refractivity contribution in [2.75, 3.05) is 0 Å². The summed E-state index contributed by atoms with van der Waals surface area (Å²) in [6.45, 7) is 5.72. The van der Waals surface area contributed by atoms with E-state index in [-0.39, 0.29) is 5.41 Å². The highest BCUT2D eigenvalue weighted by Gasteiger charge is 2.29. The molecule has 1 aromatic rings. The molecule has 0 aliphatic rings. The van der Waals surface area contributed by atoms with Gasteiger partial charge in [0.15, 0.2) is 0 Å². The summed E-state index contributed by atoms with van der Waals surface area (Å²) in [6.07, 6.45) is 2.52. The van der Waals surface area contributed by atoms with Gasteiger partial charge in [-0.25, -0.2) is 0 Å². The molecule has 0 saturated carbocycles. The third-order valence-electron chi connectivity index (χ3n) is 2.45. The predicted octanol–water partition coefficient (Wildman–Crippen LogP) is 0.731. The molecule has 0 aliphatic carbocycles. The number of aryl methyl sites for hydroxylation is 1. The molecule has 0 fully saturated rings. The molecule has 0 radical (unpaired) electrons. The van der Waals surface area contributed by atoms with E-state index in [0.717, 1.165) is 5.56 Å². The van der Waals surface area contributed by atoms with Crippen LogP contribution in [0.15, 0.2) is 12.4 Å². The molecule has 1 aromatic heterocycles. The molecule has 0 aliphatic heterocycles. The highest BCUT2D eigenvalue weighted by Crippen LogP contribution is 2.23. The lowest BCUT2D eigenvalue weighted by Gasteiger charge is -2.29. The van der Waals surface area contributed by atoms with E-state index in [4.69, 9.17) is 0 Å². The van der Waals surface area contributed by atoms with Crippen LogP contribution in [-0.4, -0.2) is 32.2 Å². The molecule has 0 amide bonds. The molecule has 2 atom stereocenters. The van der Waals surface area contributed by atoms with Crippen molar-refractivity contribution in [1.29, 1.82) is 0 Å². The maximum Gasteiger partial charge on any atom is 0.0850 e. The second-order valence-electron chi connectivity index (χ2n) is 5.10. The number of hydrogen-bond donors (Lipinski definition) is 2. The number of rotatable bonds is 3. The summed E-state index contributed by atoms with van der Waals surface area (Å²) in [5, 5.41) is 23.7. The number of aromatic nitrogens is 2. The summed E-state index contributed by atoms with van der Waals surface area (Å²) in [5.74, 6) is 0. The first kappa shape index (κ1) is 12.2. The molecule has 15 heavy (non-hydrogen) atoms. The van der Waals surface area contributed by atoms with Gasteiger partial charge in [-0.1, -0.05) is 20.8 Å². The van der Waals surface area contributed by atoms with Gasteiger partial charge in [-0.15, -0.1) is 0 Å². The Hall–Kier alpha value is -0.870. The molecule has 1 heterocycles. The Bertz CT molecular complexity index is 315. The van der Waals surface area contributed by atoms with Crippen molar-refractivity contribution in [3.05, 3.63) is 18.0 Å². The van der Waals surface area contributed by atoms with E-state index < -0.39 is 12.2 Å². The van der Waals surface area contributed by atoms with Gasteiger partial charge in [-0.2, -0.15) is 5.10 Å². The highest BCUT2D eigenvalue weighted by molar-refractivity contribution is 5.06. The van der Waals surface area contributed by atoms with Crippen LogP contribution in [0.25, 0.3) is 0 Å². The zero-order valence-electron chi connectivity index (χ0n) is 9.81. The Balaban J connectivity index is 2.59. The molecule has 86 valence electrons. The van der Waals surface area contributed by atoms with E-state index in [2.05, 4.69) is 5.10 Å². The predicted molar refractivity (Wildman–Crippen MR) is 58.4 cm³/mol. The molecule has 0 bridgehead atoms. The van der Waals surface area contributed by atoms with Gasteiger partial charge in [-0.05, 0) is 11.0 Å². The van der Waals surface area contributed by atoms with Crippen LogP contribution in [0, 0.1) is 5.41 Å².